The molecule has 0 radical (unpaired) electrons. The van der Waals surface area contributed by atoms with E-state index in [2.05, 4.69) is 22.6 Å². The molecule has 0 aromatic carbocycles. The lowest BCUT2D eigenvalue weighted by Crippen LogP contribution is -2.49. The van der Waals surface area contributed by atoms with E-state index in [-0.39, 0.29) is 0 Å². The Balaban J connectivity index is 2.38. The standard InChI is InChI=1S/C11H23IN2/c12-11(13,14)10-8-6-4-2-1-3-5-7-9-10/h10H,1-9,13-14H2. The second-order valence-corrected chi connectivity index (χ2v) is 6.44. The van der Waals surface area contributed by atoms with Crippen LogP contribution in [0.1, 0.15) is 57.8 Å². The molecular weight excluding hydrogens is 287 g/mol. The summed E-state index contributed by atoms with van der Waals surface area (Å²) < 4.78 is -0.489. The van der Waals surface area contributed by atoms with E-state index in [1.807, 2.05) is 0 Å². The molecule has 2 nitrogen and oxygen atoms in total. The third kappa shape index (κ3) is 4.94. The van der Waals surface area contributed by atoms with Gasteiger partial charge in [0, 0.05) is 0 Å². The highest BCUT2D eigenvalue weighted by atomic mass is 127. The van der Waals surface area contributed by atoms with E-state index >= 15 is 0 Å². The van der Waals surface area contributed by atoms with Crippen molar-refractivity contribution in [3.8, 4) is 0 Å². The van der Waals surface area contributed by atoms with E-state index in [0.717, 1.165) is 0 Å². The second-order valence-electron chi connectivity index (χ2n) is 4.58. The quantitative estimate of drug-likeness (QED) is 0.338. The summed E-state index contributed by atoms with van der Waals surface area (Å²) in [5, 5.41) is 0. The van der Waals surface area contributed by atoms with Crippen LogP contribution < -0.4 is 11.5 Å². The Kier molecular flexibility index (Phi) is 5.71. The molecule has 0 aromatic heterocycles. The van der Waals surface area contributed by atoms with Crippen LogP contribution >= 0.6 is 22.6 Å². The van der Waals surface area contributed by atoms with Crippen LogP contribution in [0.2, 0.25) is 0 Å². The maximum absolute atomic E-state index is 5.99. The molecule has 0 atom stereocenters. The molecule has 3 heteroatoms. The van der Waals surface area contributed by atoms with Crippen molar-refractivity contribution >= 4 is 22.6 Å². The van der Waals surface area contributed by atoms with Gasteiger partial charge >= 0.3 is 0 Å². The molecule has 84 valence electrons. The first kappa shape index (κ1) is 12.7. The molecule has 4 N–H and O–H groups in total. The number of alkyl halides is 1. The van der Waals surface area contributed by atoms with Gasteiger partial charge < -0.3 is 11.5 Å². The molecule has 0 aromatic rings. The lowest BCUT2D eigenvalue weighted by Gasteiger charge is -2.29. The summed E-state index contributed by atoms with van der Waals surface area (Å²) in [6.07, 6.45) is 12.0. The van der Waals surface area contributed by atoms with Crippen LogP contribution in [-0.2, 0) is 0 Å². The Hall–Kier alpha value is 0.650. The van der Waals surface area contributed by atoms with Gasteiger partial charge in [-0.2, -0.15) is 0 Å². The summed E-state index contributed by atoms with van der Waals surface area (Å²) in [4.78, 5) is 0. The Morgan fingerprint density at radius 1 is 0.786 bits per heavy atom. The fraction of sp³-hybridized carbons (Fsp3) is 1.00. The minimum atomic E-state index is -0.489. The molecule has 1 rings (SSSR count). The predicted octanol–water partition coefficient (Wildman–Crippen LogP) is 3.13. The zero-order valence-electron chi connectivity index (χ0n) is 8.97. The highest BCUT2D eigenvalue weighted by Gasteiger charge is 2.26. The summed E-state index contributed by atoms with van der Waals surface area (Å²) in [6.45, 7) is 0. The molecule has 0 bridgehead atoms. The van der Waals surface area contributed by atoms with Gasteiger partial charge in [0.25, 0.3) is 0 Å². The van der Waals surface area contributed by atoms with E-state index in [4.69, 9.17) is 11.5 Å². The van der Waals surface area contributed by atoms with Gasteiger partial charge in [0.15, 0.2) is 0 Å². The SMILES string of the molecule is NC(N)(I)C1CCCCCCCCC1. The molecule has 1 aliphatic rings. The first-order valence-electron chi connectivity index (χ1n) is 5.87. The van der Waals surface area contributed by atoms with Gasteiger partial charge in [-0.1, -0.05) is 44.9 Å². The predicted molar refractivity (Wildman–Crippen MR) is 70.2 cm³/mol. The zero-order chi connectivity index (χ0) is 10.4. The summed E-state index contributed by atoms with van der Waals surface area (Å²) in [6, 6.07) is 0. The highest BCUT2D eigenvalue weighted by molar-refractivity contribution is 14.1. The Labute approximate surface area is 101 Å². The molecule has 0 heterocycles. The molecule has 0 unspecified atom stereocenters. The van der Waals surface area contributed by atoms with Gasteiger partial charge in [-0.15, -0.1) is 0 Å². The summed E-state index contributed by atoms with van der Waals surface area (Å²) in [7, 11) is 0. The fourth-order valence-electron chi connectivity index (χ4n) is 2.25. The Morgan fingerprint density at radius 2 is 1.14 bits per heavy atom. The van der Waals surface area contributed by atoms with E-state index in [9.17, 15) is 0 Å². The molecule has 14 heavy (non-hydrogen) atoms. The Bertz CT molecular complexity index is 144. The third-order valence-electron chi connectivity index (χ3n) is 3.23. The van der Waals surface area contributed by atoms with Crippen LogP contribution in [0.4, 0.5) is 0 Å². The van der Waals surface area contributed by atoms with Gasteiger partial charge in [-0.3, -0.25) is 0 Å². The smallest absolute Gasteiger partial charge is 0.120 e. The van der Waals surface area contributed by atoms with Crippen LogP contribution in [0.3, 0.4) is 0 Å². The first-order chi connectivity index (χ1) is 6.61. The van der Waals surface area contributed by atoms with Gasteiger partial charge in [-0.05, 0) is 41.4 Å². The minimum absolute atomic E-state index is 0.489. The molecular formula is C11H23IN2. The number of halogens is 1. The lowest BCUT2D eigenvalue weighted by molar-refractivity contribution is 0.326. The number of nitrogens with two attached hydrogens (primary N) is 2. The van der Waals surface area contributed by atoms with Gasteiger partial charge in [0.2, 0.25) is 0 Å². The maximum atomic E-state index is 5.99. The normalized spacial score (nSPS) is 23.4. The Morgan fingerprint density at radius 3 is 1.50 bits per heavy atom. The van der Waals surface area contributed by atoms with Crippen LogP contribution in [0.15, 0.2) is 0 Å². The molecule has 1 saturated carbocycles. The summed E-state index contributed by atoms with van der Waals surface area (Å²) in [5.74, 6) is 0.515. The highest BCUT2D eigenvalue weighted by Crippen LogP contribution is 2.29. The number of hydrogen-bond acceptors (Lipinski definition) is 2. The van der Waals surface area contributed by atoms with Gasteiger partial charge in [-0.25, -0.2) is 0 Å². The van der Waals surface area contributed by atoms with E-state index < -0.39 is 3.67 Å². The average Bonchev–Trinajstić information content (AvgIpc) is 2.12. The van der Waals surface area contributed by atoms with Crippen molar-refractivity contribution in [3.63, 3.8) is 0 Å². The number of hydrogen-bond donors (Lipinski definition) is 2. The van der Waals surface area contributed by atoms with E-state index in [0.29, 0.717) is 5.92 Å². The largest absolute Gasteiger partial charge is 0.305 e. The van der Waals surface area contributed by atoms with Crippen LogP contribution in [0.25, 0.3) is 0 Å². The molecule has 0 spiro atoms. The third-order valence-corrected chi connectivity index (χ3v) is 4.11. The molecule has 1 fully saturated rings. The lowest BCUT2D eigenvalue weighted by atomic mass is 9.90. The summed E-state index contributed by atoms with van der Waals surface area (Å²) >= 11 is 2.20. The molecule has 1 aliphatic carbocycles. The van der Waals surface area contributed by atoms with Crippen molar-refractivity contribution in [1.82, 2.24) is 0 Å². The maximum Gasteiger partial charge on any atom is 0.120 e. The van der Waals surface area contributed by atoms with Crippen molar-refractivity contribution in [2.24, 2.45) is 17.4 Å². The number of rotatable bonds is 1. The summed E-state index contributed by atoms with van der Waals surface area (Å²) in [5.41, 5.74) is 12.0. The van der Waals surface area contributed by atoms with Crippen LogP contribution in [0.5, 0.6) is 0 Å². The van der Waals surface area contributed by atoms with Crippen molar-refractivity contribution in [3.05, 3.63) is 0 Å². The minimum Gasteiger partial charge on any atom is -0.305 e. The molecule has 0 amide bonds. The van der Waals surface area contributed by atoms with Crippen molar-refractivity contribution < 1.29 is 0 Å². The van der Waals surface area contributed by atoms with Crippen molar-refractivity contribution in [2.75, 3.05) is 0 Å². The first-order valence-corrected chi connectivity index (χ1v) is 6.95. The second kappa shape index (κ2) is 6.28. The fourth-order valence-corrected chi connectivity index (χ4v) is 2.87. The van der Waals surface area contributed by atoms with E-state index in [1.165, 1.54) is 57.8 Å². The van der Waals surface area contributed by atoms with Crippen molar-refractivity contribution in [1.29, 1.82) is 0 Å². The van der Waals surface area contributed by atoms with Gasteiger partial charge in [0.1, 0.15) is 3.67 Å². The van der Waals surface area contributed by atoms with Crippen LogP contribution in [-0.4, -0.2) is 3.67 Å². The van der Waals surface area contributed by atoms with Crippen molar-refractivity contribution in [2.45, 2.75) is 61.5 Å². The zero-order valence-corrected chi connectivity index (χ0v) is 11.1. The average molecular weight is 310 g/mol. The topological polar surface area (TPSA) is 52.0 Å². The molecule has 0 aliphatic heterocycles. The van der Waals surface area contributed by atoms with Crippen LogP contribution in [0, 0.1) is 5.92 Å². The van der Waals surface area contributed by atoms with E-state index in [1.54, 1.807) is 0 Å². The van der Waals surface area contributed by atoms with Gasteiger partial charge in [0.05, 0.1) is 0 Å². The molecule has 0 saturated heterocycles. The monoisotopic (exact) mass is 310 g/mol.